The van der Waals surface area contributed by atoms with E-state index in [1.54, 1.807) is 18.5 Å². The number of amides is 1. The lowest BCUT2D eigenvalue weighted by atomic mass is 9.88. The third kappa shape index (κ3) is 5.87. The van der Waals surface area contributed by atoms with Gasteiger partial charge in [-0.15, -0.1) is 24.8 Å². The summed E-state index contributed by atoms with van der Waals surface area (Å²) in [5, 5.41) is 13.7. The molecule has 0 radical (unpaired) electrons. The molecule has 2 heterocycles. The second-order valence-corrected chi connectivity index (χ2v) is 6.55. The van der Waals surface area contributed by atoms with Crippen LogP contribution in [0.5, 0.6) is 5.75 Å². The number of piperazine rings is 1. The molecule has 0 aliphatic carbocycles. The Morgan fingerprint density at radius 3 is 2.67 bits per heavy atom. The number of nitrogens with one attached hydrogen (secondary N) is 1. The molecule has 1 fully saturated rings. The van der Waals surface area contributed by atoms with Crippen LogP contribution in [-0.2, 0) is 6.42 Å². The van der Waals surface area contributed by atoms with Crippen LogP contribution in [0.25, 0.3) is 0 Å². The highest BCUT2D eigenvalue weighted by molar-refractivity contribution is 6.30. The van der Waals surface area contributed by atoms with Crippen LogP contribution in [0, 0.1) is 0 Å². The first-order chi connectivity index (χ1) is 12.1. The van der Waals surface area contributed by atoms with Crippen LogP contribution in [0.2, 0.25) is 5.02 Å². The van der Waals surface area contributed by atoms with Gasteiger partial charge in [-0.25, -0.2) is 4.79 Å². The fourth-order valence-electron chi connectivity index (χ4n) is 3.11. The number of benzene rings is 1. The van der Waals surface area contributed by atoms with Crippen molar-refractivity contribution in [2.75, 3.05) is 26.2 Å². The zero-order valence-corrected chi connectivity index (χ0v) is 16.9. The molecule has 27 heavy (non-hydrogen) atoms. The molecular formula is C18H22Cl3N3O3. The number of hydrogen-bond donors (Lipinski definition) is 2. The van der Waals surface area contributed by atoms with E-state index in [0.29, 0.717) is 36.8 Å². The summed E-state index contributed by atoms with van der Waals surface area (Å²) in [7, 11) is 0. The van der Waals surface area contributed by atoms with Gasteiger partial charge in [0.1, 0.15) is 12.4 Å². The van der Waals surface area contributed by atoms with Crippen LogP contribution >= 0.6 is 36.4 Å². The Labute approximate surface area is 175 Å². The minimum Gasteiger partial charge on any atom is -0.489 e. The molecule has 1 unspecified atom stereocenters. The van der Waals surface area contributed by atoms with Gasteiger partial charge < -0.3 is 15.2 Å². The summed E-state index contributed by atoms with van der Waals surface area (Å²) in [6, 6.07) is 11.1. The summed E-state index contributed by atoms with van der Waals surface area (Å²) in [6.45, 7) is 1.80. The lowest BCUT2D eigenvalue weighted by molar-refractivity contribution is 0.0246. The first-order valence-electron chi connectivity index (χ1n) is 8.08. The van der Waals surface area contributed by atoms with Crippen molar-refractivity contribution in [2.45, 2.75) is 12.0 Å². The average Bonchev–Trinajstić information content (AvgIpc) is 2.63. The average molecular weight is 435 g/mol. The van der Waals surface area contributed by atoms with Crippen LogP contribution in [0.4, 0.5) is 4.79 Å². The van der Waals surface area contributed by atoms with Crippen molar-refractivity contribution in [1.29, 1.82) is 0 Å². The molecule has 1 aromatic carbocycles. The Hall–Kier alpha value is -1.73. The third-order valence-electron chi connectivity index (χ3n) is 4.36. The second-order valence-electron chi connectivity index (χ2n) is 6.12. The maximum absolute atomic E-state index is 11.8. The van der Waals surface area contributed by atoms with Gasteiger partial charge in [-0.2, -0.15) is 0 Å². The fourth-order valence-corrected chi connectivity index (χ4v) is 3.24. The standard InChI is InChI=1S/C18H20ClN3O3.2ClH/c19-15-5-3-14(4-6-15)10-18(12-21-8-9-22(18)17(23)24)13-25-16-2-1-7-20-11-16;;/h1-7,11,21H,8-10,12-13H2,(H,23,24);2*1H. The molecule has 0 spiro atoms. The highest BCUT2D eigenvalue weighted by Gasteiger charge is 2.43. The van der Waals surface area contributed by atoms with E-state index in [1.165, 1.54) is 4.90 Å². The number of pyridine rings is 1. The molecule has 1 aliphatic heterocycles. The zero-order chi connectivity index (χ0) is 17.7. The minimum absolute atomic E-state index is 0. The normalized spacial score (nSPS) is 18.8. The number of aromatic nitrogens is 1. The van der Waals surface area contributed by atoms with Crippen LogP contribution in [0.3, 0.4) is 0 Å². The van der Waals surface area contributed by atoms with E-state index in [-0.39, 0.29) is 31.4 Å². The van der Waals surface area contributed by atoms with Gasteiger partial charge in [0.15, 0.2) is 0 Å². The lowest BCUT2D eigenvalue weighted by Crippen LogP contribution is -2.66. The van der Waals surface area contributed by atoms with Gasteiger partial charge in [0.2, 0.25) is 0 Å². The third-order valence-corrected chi connectivity index (χ3v) is 4.61. The first kappa shape index (κ1) is 23.3. The molecule has 1 aromatic heterocycles. The van der Waals surface area contributed by atoms with E-state index in [9.17, 15) is 9.90 Å². The molecular weight excluding hydrogens is 413 g/mol. The molecule has 148 valence electrons. The molecule has 9 heteroatoms. The quantitative estimate of drug-likeness (QED) is 0.753. The van der Waals surface area contributed by atoms with Crippen LogP contribution in [-0.4, -0.2) is 52.9 Å². The van der Waals surface area contributed by atoms with Crippen molar-refractivity contribution in [3.8, 4) is 5.75 Å². The summed E-state index contributed by atoms with van der Waals surface area (Å²) < 4.78 is 5.89. The number of carboxylic acid groups (broad SMARTS) is 1. The molecule has 3 rings (SSSR count). The van der Waals surface area contributed by atoms with Crippen LogP contribution < -0.4 is 10.1 Å². The minimum atomic E-state index is -0.940. The zero-order valence-electron chi connectivity index (χ0n) is 14.5. The van der Waals surface area contributed by atoms with E-state index >= 15 is 0 Å². The van der Waals surface area contributed by atoms with Gasteiger partial charge in [0.05, 0.1) is 11.7 Å². The predicted molar refractivity (Wildman–Crippen MR) is 110 cm³/mol. The van der Waals surface area contributed by atoms with Crippen LogP contribution in [0.1, 0.15) is 5.56 Å². The Bertz CT molecular complexity index is 719. The molecule has 2 N–H and O–H groups in total. The van der Waals surface area contributed by atoms with Crippen molar-refractivity contribution >= 4 is 42.5 Å². The van der Waals surface area contributed by atoms with Crippen molar-refractivity contribution in [2.24, 2.45) is 0 Å². The Kier molecular flexibility index (Phi) is 9.12. The van der Waals surface area contributed by atoms with Crippen molar-refractivity contribution in [1.82, 2.24) is 15.2 Å². The number of halogens is 3. The molecule has 0 bridgehead atoms. The monoisotopic (exact) mass is 433 g/mol. The fraction of sp³-hybridized carbons (Fsp3) is 0.333. The van der Waals surface area contributed by atoms with Gasteiger partial charge in [-0.3, -0.25) is 9.88 Å². The highest BCUT2D eigenvalue weighted by atomic mass is 35.5. The number of ether oxygens (including phenoxy) is 1. The van der Waals surface area contributed by atoms with E-state index in [2.05, 4.69) is 10.3 Å². The number of carbonyl (C=O) groups is 1. The van der Waals surface area contributed by atoms with E-state index in [4.69, 9.17) is 16.3 Å². The van der Waals surface area contributed by atoms with E-state index in [0.717, 1.165) is 5.56 Å². The lowest BCUT2D eigenvalue weighted by Gasteiger charge is -2.45. The molecule has 1 aliphatic rings. The Morgan fingerprint density at radius 2 is 2.04 bits per heavy atom. The smallest absolute Gasteiger partial charge is 0.407 e. The van der Waals surface area contributed by atoms with Crippen molar-refractivity contribution < 1.29 is 14.6 Å². The topological polar surface area (TPSA) is 74.7 Å². The van der Waals surface area contributed by atoms with Crippen molar-refractivity contribution in [3.05, 3.63) is 59.4 Å². The summed E-state index contributed by atoms with van der Waals surface area (Å²) in [5.41, 5.74) is 0.308. The molecule has 6 nitrogen and oxygen atoms in total. The Morgan fingerprint density at radius 1 is 1.30 bits per heavy atom. The van der Waals surface area contributed by atoms with Crippen molar-refractivity contribution in [3.63, 3.8) is 0 Å². The van der Waals surface area contributed by atoms with Gasteiger partial charge in [0.25, 0.3) is 0 Å². The largest absolute Gasteiger partial charge is 0.489 e. The first-order valence-corrected chi connectivity index (χ1v) is 8.45. The number of nitrogens with zero attached hydrogens (tertiary/aromatic N) is 2. The molecule has 0 saturated carbocycles. The van der Waals surface area contributed by atoms with Gasteiger partial charge in [0, 0.05) is 37.3 Å². The molecule has 1 amide bonds. The summed E-state index contributed by atoms with van der Waals surface area (Å²) >= 11 is 5.96. The summed E-state index contributed by atoms with van der Waals surface area (Å²) in [5.74, 6) is 0.619. The maximum atomic E-state index is 11.8. The molecule has 2 aromatic rings. The Balaban J connectivity index is 0.00000182. The molecule has 1 saturated heterocycles. The maximum Gasteiger partial charge on any atom is 0.407 e. The van der Waals surface area contributed by atoms with Crippen LogP contribution in [0.15, 0.2) is 48.8 Å². The highest BCUT2D eigenvalue weighted by Crippen LogP contribution is 2.26. The summed E-state index contributed by atoms with van der Waals surface area (Å²) in [4.78, 5) is 17.3. The number of rotatable bonds is 5. The summed E-state index contributed by atoms with van der Waals surface area (Å²) in [6.07, 6.45) is 2.88. The second kappa shape index (κ2) is 10.6. The van der Waals surface area contributed by atoms with E-state index in [1.807, 2.05) is 30.3 Å². The van der Waals surface area contributed by atoms with Gasteiger partial charge >= 0.3 is 6.09 Å². The van der Waals surface area contributed by atoms with Gasteiger partial charge in [-0.1, -0.05) is 23.7 Å². The van der Waals surface area contributed by atoms with Gasteiger partial charge in [-0.05, 0) is 29.8 Å². The van der Waals surface area contributed by atoms with E-state index < -0.39 is 11.6 Å². The number of hydrogen-bond acceptors (Lipinski definition) is 4. The SMILES string of the molecule is Cl.Cl.O=C(O)N1CCNCC1(COc1cccnc1)Cc1ccc(Cl)cc1. The predicted octanol–water partition coefficient (Wildman–Crippen LogP) is 3.52. The molecule has 1 atom stereocenters.